The van der Waals surface area contributed by atoms with Gasteiger partial charge in [-0.25, -0.2) is 14.8 Å². The van der Waals surface area contributed by atoms with Crippen molar-refractivity contribution < 1.29 is 19.2 Å². The highest BCUT2D eigenvalue weighted by molar-refractivity contribution is 7.16. The Kier molecular flexibility index (Phi) is 5.55. The van der Waals surface area contributed by atoms with Crippen molar-refractivity contribution in [2.24, 2.45) is 0 Å². The lowest BCUT2D eigenvalue weighted by Gasteiger charge is -2.04. The van der Waals surface area contributed by atoms with Crippen molar-refractivity contribution >= 4 is 28.2 Å². The molecule has 0 unspecified atom stereocenters. The summed E-state index contributed by atoms with van der Waals surface area (Å²) in [6, 6.07) is 1.68. The average Bonchev–Trinajstić information content (AvgIpc) is 3.24. The van der Waals surface area contributed by atoms with Gasteiger partial charge in [-0.15, -0.1) is 11.3 Å². The Hall–Kier alpha value is -3.14. The zero-order valence-corrected chi connectivity index (χ0v) is 15.5. The Morgan fingerprint density at radius 3 is 2.67 bits per heavy atom. The van der Waals surface area contributed by atoms with E-state index in [-0.39, 0.29) is 36.0 Å². The molecular weight excluding hydrogens is 370 g/mol. The Labute approximate surface area is 158 Å². The molecule has 10 heteroatoms. The predicted octanol–water partition coefficient (Wildman–Crippen LogP) is 2.73. The van der Waals surface area contributed by atoms with E-state index >= 15 is 0 Å². The number of nitrogens with one attached hydrogen (secondary N) is 1. The molecule has 0 fully saturated rings. The molecule has 9 nitrogen and oxygen atoms in total. The fourth-order valence-corrected chi connectivity index (χ4v) is 3.74. The molecule has 0 aliphatic rings. The molecule has 0 aromatic carbocycles. The third-order valence-electron chi connectivity index (χ3n) is 3.83. The molecule has 0 saturated heterocycles. The Balaban J connectivity index is 1.64. The molecular formula is C17H17N5O4S. The summed E-state index contributed by atoms with van der Waals surface area (Å²) in [6.45, 7) is 3.73. The Morgan fingerprint density at radius 2 is 2.00 bits per heavy atom. The monoisotopic (exact) mass is 387 g/mol. The van der Waals surface area contributed by atoms with Crippen molar-refractivity contribution in [1.82, 2.24) is 20.1 Å². The van der Waals surface area contributed by atoms with Crippen molar-refractivity contribution in [3.8, 4) is 11.6 Å². The van der Waals surface area contributed by atoms with Crippen LogP contribution in [0.5, 0.6) is 0 Å². The van der Waals surface area contributed by atoms with E-state index in [0.717, 1.165) is 10.4 Å². The minimum absolute atomic E-state index is 0.0781. The van der Waals surface area contributed by atoms with Crippen LogP contribution in [0.15, 0.2) is 23.0 Å². The highest BCUT2D eigenvalue weighted by Crippen LogP contribution is 2.33. The van der Waals surface area contributed by atoms with Gasteiger partial charge in [-0.2, -0.15) is 4.98 Å². The van der Waals surface area contributed by atoms with Gasteiger partial charge in [0.15, 0.2) is 0 Å². The molecule has 3 heterocycles. The molecule has 3 aromatic heterocycles. The van der Waals surface area contributed by atoms with Crippen LogP contribution in [0.3, 0.4) is 0 Å². The van der Waals surface area contributed by atoms with Gasteiger partial charge < -0.3 is 14.9 Å². The van der Waals surface area contributed by atoms with Gasteiger partial charge in [0.1, 0.15) is 5.00 Å². The second-order valence-electron chi connectivity index (χ2n) is 5.63. The molecule has 1 amide bonds. The number of rotatable bonds is 7. The normalized spacial score (nSPS) is 10.7. The predicted molar refractivity (Wildman–Crippen MR) is 97.7 cm³/mol. The van der Waals surface area contributed by atoms with E-state index in [1.165, 1.54) is 11.3 Å². The number of aromatic carboxylic acids is 1. The maximum atomic E-state index is 12.2. The average molecular weight is 387 g/mol. The summed E-state index contributed by atoms with van der Waals surface area (Å²) >= 11 is 1.26. The Bertz CT molecular complexity index is 967. The molecule has 0 bridgehead atoms. The number of aryl methyl sites for hydroxylation is 2. The zero-order valence-electron chi connectivity index (χ0n) is 14.7. The molecule has 0 aliphatic heterocycles. The van der Waals surface area contributed by atoms with E-state index in [2.05, 4.69) is 25.4 Å². The summed E-state index contributed by atoms with van der Waals surface area (Å²) in [6.07, 6.45) is 4.03. The molecule has 0 radical (unpaired) electrons. The van der Waals surface area contributed by atoms with Crippen LogP contribution in [0.1, 0.15) is 40.0 Å². The standard InChI is InChI=1S/C17H17N5O4S/c1-3-10-9(2)27-16(13(10)17(24)25)20-11(23)5-6-12-21-15(22-26-12)14-18-7-4-8-19-14/h4,7-8H,3,5-6H2,1-2H3,(H,20,23)(H,24,25). The second kappa shape index (κ2) is 8.04. The first-order valence-corrected chi connectivity index (χ1v) is 9.06. The number of amides is 1. The highest BCUT2D eigenvalue weighted by Gasteiger charge is 2.22. The van der Waals surface area contributed by atoms with Crippen molar-refractivity contribution in [3.63, 3.8) is 0 Å². The van der Waals surface area contributed by atoms with Gasteiger partial charge in [0.2, 0.25) is 23.4 Å². The quantitative estimate of drug-likeness (QED) is 0.632. The van der Waals surface area contributed by atoms with E-state index < -0.39 is 5.97 Å². The summed E-state index contributed by atoms with van der Waals surface area (Å²) < 4.78 is 5.11. The van der Waals surface area contributed by atoms with Crippen molar-refractivity contribution in [2.75, 3.05) is 5.32 Å². The number of carbonyl (C=O) groups is 2. The van der Waals surface area contributed by atoms with Crippen molar-refractivity contribution in [3.05, 3.63) is 40.4 Å². The van der Waals surface area contributed by atoms with Crippen LogP contribution < -0.4 is 5.32 Å². The smallest absolute Gasteiger partial charge is 0.339 e. The zero-order chi connectivity index (χ0) is 19.4. The van der Waals surface area contributed by atoms with Gasteiger partial charge in [-0.05, 0) is 25.0 Å². The number of nitrogens with zero attached hydrogens (tertiary/aromatic N) is 4. The van der Waals surface area contributed by atoms with E-state index in [4.69, 9.17) is 4.52 Å². The third-order valence-corrected chi connectivity index (χ3v) is 4.89. The summed E-state index contributed by atoms with van der Waals surface area (Å²) in [5.41, 5.74) is 0.904. The first kappa shape index (κ1) is 18.6. The lowest BCUT2D eigenvalue weighted by molar-refractivity contribution is -0.116. The number of hydrogen-bond donors (Lipinski definition) is 2. The van der Waals surface area contributed by atoms with E-state index in [1.807, 2.05) is 13.8 Å². The van der Waals surface area contributed by atoms with Crippen LogP contribution >= 0.6 is 11.3 Å². The van der Waals surface area contributed by atoms with Gasteiger partial charge in [0.05, 0.1) is 5.56 Å². The molecule has 0 saturated carbocycles. The maximum Gasteiger partial charge on any atom is 0.339 e. The molecule has 140 valence electrons. The number of carboxylic acid groups (broad SMARTS) is 1. The van der Waals surface area contributed by atoms with Gasteiger partial charge in [-0.3, -0.25) is 4.79 Å². The lowest BCUT2D eigenvalue weighted by atomic mass is 10.1. The minimum atomic E-state index is -1.05. The summed E-state index contributed by atoms with van der Waals surface area (Å²) in [4.78, 5) is 36.9. The molecule has 3 rings (SSSR count). The largest absolute Gasteiger partial charge is 0.478 e. The Morgan fingerprint density at radius 1 is 1.26 bits per heavy atom. The highest BCUT2D eigenvalue weighted by atomic mass is 32.1. The number of aromatic nitrogens is 4. The van der Waals surface area contributed by atoms with Gasteiger partial charge in [0.25, 0.3) is 0 Å². The maximum absolute atomic E-state index is 12.2. The fourth-order valence-electron chi connectivity index (χ4n) is 2.59. The summed E-state index contributed by atoms with van der Waals surface area (Å²) in [5, 5.41) is 16.3. The van der Waals surface area contributed by atoms with E-state index in [9.17, 15) is 14.7 Å². The molecule has 3 aromatic rings. The van der Waals surface area contributed by atoms with Crippen molar-refractivity contribution in [1.29, 1.82) is 0 Å². The summed E-state index contributed by atoms with van der Waals surface area (Å²) in [5.74, 6) is -0.500. The second-order valence-corrected chi connectivity index (χ2v) is 6.86. The van der Waals surface area contributed by atoms with Crippen molar-refractivity contribution in [2.45, 2.75) is 33.1 Å². The minimum Gasteiger partial charge on any atom is -0.478 e. The lowest BCUT2D eigenvalue weighted by Crippen LogP contribution is -2.14. The van der Waals surface area contributed by atoms with Crippen LogP contribution in [-0.4, -0.2) is 37.1 Å². The number of hydrogen-bond acceptors (Lipinski definition) is 8. The number of thiophene rings is 1. The van der Waals surface area contributed by atoms with Gasteiger partial charge in [-0.1, -0.05) is 12.1 Å². The molecule has 0 spiro atoms. The van der Waals surface area contributed by atoms with Crippen LogP contribution in [0.2, 0.25) is 0 Å². The van der Waals surface area contributed by atoms with Gasteiger partial charge in [0, 0.05) is 30.1 Å². The van der Waals surface area contributed by atoms with Crippen LogP contribution in [0.4, 0.5) is 5.00 Å². The van der Waals surface area contributed by atoms with Crippen LogP contribution in [0.25, 0.3) is 11.6 Å². The fraction of sp³-hybridized carbons (Fsp3) is 0.294. The van der Waals surface area contributed by atoms with Gasteiger partial charge >= 0.3 is 5.97 Å². The topological polar surface area (TPSA) is 131 Å². The molecule has 0 aliphatic carbocycles. The molecule has 2 N–H and O–H groups in total. The van der Waals surface area contributed by atoms with Crippen LogP contribution in [0, 0.1) is 6.92 Å². The number of carbonyl (C=O) groups excluding carboxylic acids is 1. The summed E-state index contributed by atoms with van der Waals surface area (Å²) in [7, 11) is 0. The third kappa shape index (κ3) is 4.17. The SMILES string of the molecule is CCc1c(C)sc(NC(=O)CCc2nc(-c3ncccn3)no2)c1C(=O)O. The van der Waals surface area contributed by atoms with E-state index in [1.54, 1.807) is 18.5 Å². The molecule has 27 heavy (non-hydrogen) atoms. The van der Waals surface area contributed by atoms with E-state index in [0.29, 0.717) is 17.2 Å². The van der Waals surface area contributed by atoms with Crippen LogP contribution in [-0.2, 0) is 17.6 Å². The number of carboxylic acids is 1. The first-order chi connectivity index (χ1) is 13.0. The number of anilines is 1. The molecule has 0 atom stereocenters. The first-order valence-electron chi connectivity index (χ1n) is 8.25.